The van der Waals surface area contributed by atoms with E-state index in [2.05, 4.69) is 7.85 Å². The lowest BCUT2D eigenvalue weighted by atomic mass is 9.88. The summed E-state index contributed by atoms with van der Waals surface area (Å²) in [5.74, 6) is 0. The molecule has 36 valence electrons. The van der Waals surface area contributed by atoms with E-state index in [1.807, 2.05) is 13.8 Å². The fraction of sp³-hybridized carbons (Fsp3) is 1.00. The third kappa shape index (κ3) is 4.02. The Labute approximate surface area is 40.3 Å². The molecule has 0 fully saturated rings. The Hall–Kier alpha value is 0.0249. The van der Waals surface area contributed by atoms with Gasteiger partial charge >= 0.3 is 0 Å². The van der Waals surface area contributed by atoms with Gasteiger partial charge in [-0.05, 0) is 13.8 Å². The summed E-state index contributed by atoms with van der Waals surface area (Å²) in [7, 11) is 2.08. The van der Waals surface area contributed by atoms with Gasteiger partial charge in [-0.25, -0.2) is 0 Å². The number of hydrogen-bond acceptors (Lipinski definition) is 1. The molecule has 6 heavy (non-hydrogen) atoms. The molecule has 2 N–H and O–H groups in total. The molecule has 0 amide bonds. The summed E-state index contributed by atoms with van der Waals surface area (Å²) in [5, 5.41) is 0. The van der Waals surface area contributed by atoms with Crippen LogP contribution in [0.1, 0.15) is 13.8 Å². The third-order valence-corrected chi connectivity index (χ3v) is 0.911. The fourth-order valence-electron chi connectivity index (χ4n) is 0. The van der Waals surface area contributed by atoms with Crippen LogP contribution in [0.3, 0.4) is 0 Å². The van der Waals surface area contributed by atoms with Crippen molar-refractivity contribution < 1.29 is 0 Å². The molecule has 0 saturated carbocycles. The molecule has 0 aromatic carbocycles. The second kappa shape index (κ2) is 1.65. The number of hydrogen-bond donors (Lipinski definition) is 1. The molecule has 0 aliphatic rings. The van der Waals surface area contributed by atoms with Crippen LogP contribution in [0.25, 0.3) is 0 Å². The van der Waals surface area contributed by atoms with E-state index >= 15 is 0 Å². The highest BCUT2D eigenvalue weighted by Crippen LogP contribution is 1.97. The molecule has 0 radical (unpaired) electrons. The van der Waals surface area contributed by atoms with Crippen LogP contribution in [0.4, 0.5) is 0 Å². The monoisotopic (exact) mass is 85.1 g/mol. The summed E-state index contributed by atoms with van der Waals surface area (Å²) in [4.78, 5) is 0. The first-order valence-electron chi connectivity index (χ1n) is 2.35. The molecule has 0 unspecified atom stereocenters. The lowest BCUT2D eigenvalue weighted by Crippen LogP contribution is -2.30. The van der Waals surface area contributed by atoms with Gasteiger partial charge in [0, 0.05) is 5.54 Å². The zero-order chi connectivity index (χ0) is 5.21. The largest absolute Gasteiger partial charge is 0.326 e. The molecule has 2 heteroatoms. The van der Waals surface area contributed by atoms with E-state index in [1.165, 1.54) is 0 Å². The number of nitrogens with two attached hydrogens (primary N) is 1. The summed E-state index contributed by atoms with van der Waals surface area (Å²) in [6.07, 6.45) is 1.05. The SMILES string of the molecule is BCC(C)(C)N. The highest BCUT2D eigenvalue weighted by Gasteiger charge is 2.03. The first-order chi connectivity index (χ1) is 2.56. The van der Waals surface area contributed by atoms with Crippen LogP contribution in [-0.2, 0) is 0 Å². The van der Waals surface area contributed by atoms with Crippen LogP contribution in [0, 0.1) is 0 Å². The third-order valence-electron chi connectivity index (χ3n) is 0.911. The minimum absolute atomic E-state index is 0.0417. The maximum Gasteiger partial charge on any atom is 0.103 e. The van der Waals surface area contributed by atoms with E-state index in [1.54, 1.807) is 0 Å². The standard InChI is InChI=1S/C4H12BN/c1-4(2,6)3-5/h3,5-6H2,1-2H3. The van der Waals surface area contributed by atoms with Gasteiger partial charge in [-0.15, -0.1) is 0 Å². The lowest BCUT2D eigenvalue weighted by molar-refractivity contribution is 0.579. The van der Waals surface area contributed by atoms with Crippen LogP contribution in [0.5, 0.6) is 0 Å². The molecule has 0 atom stereocenters. The van der Waals surface area contributed by atoms with Gasteiger partial charge in [0.2, 0.25) is 0 Å². The topological polar surface area (TPSA) is 26.0 Å². The Morgan fingerprint density at radius 1 is 1.67 bits per heavy atom. The second-order valence-electron chi connectivity index (χ2n) is 2.34. The quantitative estimate of drug-likeness (QED) is 0.437. The van der Waals surface area contributed by atoms with Crippen molar-refractivity contribution in [1.29, 1.82) is 0 Å². The molecular formula is C4H12BN. The molecule has 0 heterocycles. The molecule has 0 saturated heterocycles. The van der Waals surface area contributed by atoms with E-state index in [0.29, 0.717) is 0 Å². The van der Waals surface area contributed by atoms with Gasteiger partial charge in [-0.2, -0.15) is 0 Å². The van der Waals surface area contributed by atoms with Crippen LogP contribution in [-0.4, -0.2) is 13.4 Å². The van der Waals surface area contributed by atoms with Gasteiger partial charge in [-0.3, -0.25) is 0 Å². The zero-order valence-corrected chi connectivity index (χ0v) is 4.78. The summed E-state index contributed by atoms with van der Waals surface area (Å²) in [6, 6.07) is 0. The molecular weight excluding hydrogens is 72.9 g/mol. The lowest BCUT2D eigenvalue weighted by Gasteiger charge is -2.13. The average Bonchev–Trinajstić information content (AvgIpc) is 1.35. The van der Waals surface area contributed by atoms with Gasteiger partial charge in [0.1, 0.15) is 7.85 Å². The smallest absolute Gasteiger partial charge is 0.103 e. The van der Waals surface area contributed by atoms with Gasteiger partial charge in [0.25, 0.3) is 0 Å². The molecule has 0 spiro atoms. The van der Waals surface area contributed by atoms with Gasteiger partial charge < -0.3 is 5.73 Å². The summed E-state index contributed by atoms with van der Waals surface area (Å²) >= 11 is 0. The van der Waals surface area contributed by atoms with Crippen molar-refractivity contribution in [1.82, 2.24) is 0 Å². The Kier molecular flexibility index (Phi) is 1.66. The van der Waals surface area contributed by atoms with E-state index < -0.39 is 0 Å². The molecule has 0 aromatic rings. The predicted octanol–water partition coefficient (Wildman–Crippen LogP) is -0.225. The molecule has 0 rings (SSSR count). The highest BCUT2D eigenvalue weighted by molar-refractivity contribution is 6.09. The predicted molar refractivity (Wildman–Crippen MR) is 31.6 cm³/mol. The molecule has 0 aromatic heterocycles. The van der Waals surface area contributed by atoms with E-state index in [9.17, 15) is 0 Å². The van der Waals surface area contributed by atoms with Crippen molar-refractivity contribution in [3.05, 3.63) is 0 Å². The Balaban J connectivity index is 3.17. The molecule has 0 bridgehead atoms. The molecule has 0 aliphatic heterocycles. The Morgan fingerprint density at radius 3 is 1.83 bits per heavy atom. The van der Waals surface area contributed by atoms with Gasteiger partial charge in [-0.1, -0.05) is 6.32 Å². The zero-order valence-electron chi connectivity index (χ0n) is 4.78. The fourth-order valence-corrected chi connectivity index (χ4v) is 0. The van der Waals surface area contributed by atoms with Crippen molar-refractivity contribution in [3.8, 4) is 0 Å². The summed E-state index contributed by atoms with van der Waals surface area (Å²) in [5.41, 5.74) is 5.58. The van der Waals surface area contributed by atoms with Crippen LogP contribution < -0.4 is 5.73 Å². The number of rotatable bonds is 1. The van der Waals surface area contributed by atoms with E-state index in [0.717, 1.165) is 6.32 Å². The first kappa shape index (κ1) is 6.02. The van der Waals surface area contributed by atoms with Gasteiger partial charge in [0.15, 0.2) is 0 Å². The van der Waals surface area contributed by atoms with Crippen molar-refractivity contribution in [2.24, 2.45) is 5.73 Å². The molecule has 1 nitrogen and oxygen atoms in total. The van der Waals surface area contributed by atoms with Crippen molar-refractivity contribution in [3.63, 3.8) is 0 Å². The van der Waals surface area contributed by atoms with Crippen molar-refractivity contribution >= 4 is 7.85 Å². The molecule has 0 aliphatic carbocycles. The summed E-state index contributed by atoms with van der Waals surface area (Å²) < 4.78 is 0. The van der Waals surface area contributed by atoms with E-state index in [-0.39, 0.29) is 5.54 Å². The van der Waals surface area contributed by atoms with Gasteiger partial charge in [0.05, 0.1) is 0 Å². The summed E-state index contributed by atoms with van der Waals surface area (Å²) in [6.45, 7) is 4.04. The minimum atomic E-state index is 0.0417. The minimum Gasteiger partial charge on any atom is -0.326 e. The van der Waals surface area contributed by atoms with Crippen LogP contribution in [0.15, 0.2) is 0 Å². The Bertz CT molecular complexity index is 37.3. The van der Waals surface area contributed by atoms with Crippen LogP contribution in [0.2, 0.25) is 6.32 Å². The van der Waals surface area contributed by atoms with Crippen molar-refractivity contribution in [2.75, 3.05) is 0 Å². The highest BCUT2D eigenvalue weighted by atomic mass is 14.7. The first-order valence-corrected chi connectivity index (χ1v) is 2.35. The second-order valence-corrected chi connectivity index (χ2v) is 2.34. The normalized spacial score (nSPS) is 11.8. The Morgan fingerprint density at radius 2 is 1.83 bits per heavy atom. The van der Waals surface area contributed by atoms with Crippen molar-refractivity contribution in [2.45, 2.75) is 25.7 Å². The average molecular weight is 85.0 g/mol. The maximum atomic E-state index is 5.53. The van der Waals surface area contributed by atoms with Crippen LogP contribution >= 0.6 is 0 Å². The maximum absolute atomic E-state index is 5.53. The van der Waals surface area contributed by atoms with E-state index in [4.69, 9.17) is 5.73 Å².